The number of amides is 9. The maximum absolute atomic E-state index is 14.2. The first-order valence-electron chi connectivity index (χ1n) is 28.7. The number of nitrogens with two attached hydrogens (primary N) is 3. The topological polar surface area (TPSA) is 522 Å². The molecule has 0 radical (unpaired) electrons. The van der Waals surface area contributed by atoms with Crippen molar-refractivity contribution in [3.8, 4) is 0 Å². The number of ether oxygens (including phenoxy) is 1. The predicted molar refractivity (Wildman–Crippen MR) is 305 cm³/mol. The molecule has 9 amide bonds. The normalized spacial score (nSPS) is 24.2. The Kier molecular flexibility index (Phi) is 38.0. The van der Waals surface area contributed by atoms with Crippen molar-refractivity contribution >= 4 is 82.7 Å². The summed E-state index contributed by atoms with van der Waals surface area (Å²) < 4.78 is 5.28. The second kappa shape index (κ2) is 42.2. The number of aliphatic hydroxyl groups is 4. The van der Waals surface area contributed by atoms with E-state index < -0.39 is 181 Å². The van der Waals surface area contributed by atoms with Gasteiger partial charge >= 0.3 is 17.9 Å². The summed E-state index contributed by atoms with van der Waals surface area (Å²) in [5.41, 5.74) is 16.4. The van der Waals surface area contributed by atoms with Gasteiger partial charge in [-0.25, -0.2) is 9.59 Å². The minimum Gasteiger partial charge on any atom is -0.481 e. The average molecular weight is 1240 g/mol. The highest BCUT2D eigenvalue weighted by Crippen LogP contribution is 2.15. The third-order valence-electron chi connectivity index (χ3n) is 13.5. The van der Waals surface area contributed by atoms with Gasteiger partial charge in [-0.15, -0.1) is 11.6 Å². The lowest BCUT2D eigenvalue weighted by atomic mass is 10.0. The molecule has 1 aliphatic rings. The van der Waals surface area contributed by atoms with Crippen LogP contribution in [0.4, 0.5) is 0 Å². The largest absolute Gasteiger partial charge is 0.481 e. The molecular weight excluding hydrogens is 1140 g/mol. The van der Waals surface area contributed by atoms with Crippen molar-refractivity contribution in [2.75, 3.05) is 32.1 Å². The van der Waals surface area contributed by atoms with E-state index in [-0.39, 0.29) is 45.3 Å². The number of unbranched alkanes of at least 4 members (excludes halogenated alkanes) is 11. The highest BCUT2D eigenvalue weighted by Gasteiger charge is 2.41. The second-order valence-corrected chi connectivity index (χ2v) is 20.9. The number of nitrogens with one attached hydrogen (secondary N) is 9. The van der Waals surface area contributed by atoms with Gasteiger partial charge in [0, 0.05) is 0 Å². The highest BCUT2D eigenvalue weighted by molar-refractivity contribution is 6.18. The zero-order valence-electron chi connectivity index (χ0n) is 48.6. The van der Waals surface area contributed by atoms with Crippen LogP contribution in [0.1, 0.15) is 143 Å². The fourth-order valence-corrected chi connectivity index (χ4v) is 8.76. The zero-order chi connectivity index (χ0) is 64.2. The maximum Gasteiger partial charge on any atom is 0.335 e. The summed E-state index contributed by atoms with van der Waals surface area (Å²) in [7, 11) is 0. The van der Waals surface area contributed by atoms with Gasteiger partial charge in [0.25, 0.3) is 5.91 Å². The number of rotatable bonds is 30. The number of esters is 1. The van der Waals surface area contributed by atoms with E-state index >= 15 is 0 Å². The van der Waals surface area contributed by atoms with Crippen LogP contribution in [0.2, 0.25) is 0 Å². The Morgan fingerprint density at radius 2 is 1.11 bits per heavy atom. The Labute approximate surface area is 498 Å². The molecule has 0 aromatic rings. The van der Waals surface area contributed by atoms with E-state index in [1.807, 2.05) is 10.6 Å². The average Bonchev–Trinajstić information content (AvgIpc) is 3.65. The fraction of sp³-hybridized carbons (Fsp3) is 0.736. The summed E-state index contributed by atoms with van der Waals surface area (Å²) in [5, 5.41) is 82.3. The Morgan fingerprint density at radius 1 is 0.612 bits per heavy atom. The van der Waals surface area contributed by atoms with Crippen molar-refractivity contribution in [2.24, 2.45) is 17.2 Å². The lowest BCUT2D eigenvalue weighted by molar-refractivity contribution is -0.155. The molecule has 0 bridgehead atoms. The van der Waals surface area contributed by atoms with E-state index in [2.05, 4.69) is 44.1 Å². The summed E-state index contributed by atoms with van der Waals surface area (Å²) in [5.74, 6) is -17.8. The molecule has 484 valence electrons. The van der Waals surface area contributed by atoms with Crippen molar-refractivity contribution < 1.29 is 92.9 Å². The molecule has 0 unspecified atom stereocenters. The summed E-state index contributed by atoms with van der Waals surface area (Å²) in [6, 6.07) is -15.8. The third kappa shape index (κ3) is 29.4. The number of hydrogen-bond acceptors (Lipinski definition) is 20. The zero-order valence-corrected chi connectivity index (χ0v) is 49.3. The number of hydrogen-bond donors (Lipinski definition) is 18. The van der Waals surface area contributed by atoms with Crippen LogP contribution in [0.25, 0.3) is 0 Å². The number of carbonyl (C=O) groups is 12. The molecule has 21 N–H and O–H groups in total. The van der Waals surface area contributed by atoms with Crippen LogP contribution in [-0.2, 0) is 62.3 Å². The number of aliphatic hydroxyl groups excluding tert-OH is 4. The number of carboxylic acid groups (broad SMARTS) is 2. The Bertz CT molecular complexity index is 2230. The smallest absolute Gasteiger partial charge is 0.335 e. The number of halogens is 1. The molecule has 0 aromatic heterocycles. The quantitative estimate of drug-likeness (QED) is 0.0140. The van der Waals surface area contributed by atoms with Gasteiger partial charge in [0.15, 0.2) is 12.1 Å². The van der Waals surface area contributed by atoms with Gasteiger partial charge in [-0.2, -0.15) is 0 Å². The first-order chi connectivity index (χ1) is 40.3. The van der Waals surface area contributed by atoms with Crippen molar-refractivity contribution in [3.63, 3.8) is 0 Å². The standard InChI is InChI=1S/C53H91ClN12O19/c1-4-6-7-8-9-10-11-12-13-14-15-18-30(68)25-38(70)58-36-28-85-53(84)41(37(69)27-54)65-51(81)42(43(73)52(82)83)66-44(74)31(5-2)59-50(80)40(29(3)67)64-47(77)34(21-24-57)61-45(75)32(19-16-17-22-55)60-48(78)35(26-39(71)72)63-46(76)33(20-23-56)62-49(36)79/h5,29-30,32-37,40-43,67-69,73H,4,6-28,55-57H2,1-3H3,(H,58,70)(H,59,80)(H,60,78)(H,61,75)(H,62,79)(H,63,76)(H,64,77)(H,65,81)(H,66,74)(H,71,72)(H,82,83)/b31-5+/t29-,30+,32+,33-,34-,35-,36-,37-,40+,41+,42+,43+/m0/s1. The van der Waals surface area contributed by atoms with E-state index in [0.717, 1.165) is 57.9 Å². The molecule has 1 fully saturated rings. The van der Waals surface area contributed by atoms with Gasteiger partial charge in [0.1, 0.15) is 54.6 Å². The number of carboxylic acids is 2. The molecule has 1 aliphatic heterocycles. The van der Waals surface area contributed by atoms with Gasteiger partial charge in [0.05, 0.1) is 37.0 Å². The third-order valence-corrected chi connectivity index (χ3v) is 13.8. The molecule has 31 nitrogen and oxygen atoms in total. The van der Waals surface area contributed by atoms with Crippen LogP contribution >= 0.6 is 11.6 Å². The number of cyclic esters (lactones) is 1. The number of aliphatic carboxylic acids is 2. The first kappa shape index (κ1) is 76.4. The van der Waals surface area contributed by atoms with E-state index in [4.69, 9.17) is 33.5 Å². The van der Waals surface area contributed by atoms with Crippen LogP contribution in [0.5, 0.6) is 0 Å². The van der Waals surface area contributed by atoms with Gasteiger partial charge in [0.2, 0.25) is 47.3 Å². The minimum atomic E-state index is -2.83. The lowest BCUT2D eigenvalue weighted by Gasteiger charge is -2.28. The molecule has 1 rings (SSSR count). The molecule has 85 heavy (non-hydrogen) atoms. The summed E-state index contributed by atoms with van der Waals surface area (Å²) in [6.07, 6.45) is 2.18. The molecule has 1 saturated heterocycles. The molecule has 0 saturated carbocycles. The van der Waals surface area contributed by atoms with Crippen LogP contribution in [0.15, 0.2) is 11.8 Å². The Hall–Kier alpha value is -6.61. The summed E-state index contributed by atoms with van der Waals surface area (Å²) in [4.78, 5) is 163. The van der Waals surface area contributed by atoms with Crippen molar-refractivity contribution in [3.05, 3.63) is 11.8 Å². The van der Waals surface area contributed by atoms with Gasteiger partial charge in [-0.1, -0.05) is 83.6 Å². The SMILES string of the molecule is C/C=C1/NC(=O)[C@@H]([C@H](C)O)NC(=O)[C@H](CCN)NC(=O)[C@@H](CCCCN)NC(=O)[C@H](CC(=O)O)NC(=O)[C@H](CCN)NC(=O)[C@@H](NC(=O)C[C@H](O)CCCCCCCCCCCCC)COC(=O)[C@@H]([C@@H](O)CCl)NC(=O)[C@@H]([C@@H](O)C(=O)O)NC1=O. The van der Waals surface area contributed by atoms with Gasteiger partial charge < -0.3 is 100 Å². The number of carbonyl (C=O) groups excluding carboxylic acids is 10. The Morgan fingerprint density at radius 3 is 1.60 bits per heavy atom. The van der Waals surface area contributed by atoms with Crippen molar-refractivity contribution in [1.82, 2.24) is 47.9 Å². The van der Waals surface area contributed by atoms with Crippen LogP contribution < -0.4 is 65.1 Å². The minimum absolute atomic E-state index is 0.123. The molecule has 0 aromatic carbocycles. The molecule has 0 spiro atoms. The van der Waals surface area contributed by atoms with Crippen LogP contribution in [0.3, 0.4) is 0 Å². The second-order valence-electron chi connectivity index (χ2n) is 20.6. The summed E-state index contributed by atoms with van der Waals surface area (Å²) in [6.45, 7) is 2.65. The van der Waals surface area contributed by atoms with Crippen molar-refractivity contribution in [1.29, 1.82) is 0 Å². The van der Waals surface area contributed by atoms with E-state index in [9.17, 15) is 88.2 Å². The van der Waals surface area contributed by atoms with E-state index in [1.165, 1.54) is 26.2 Å². The van der Waals surface area contributed by atoms with Crippen LogP contribution in [0, 0.1) is 0 Å². The number of alkyl halides is 1. The summed E-state index contributed by atoms with van der Waals surface area (Å²) >= 11 is 5.86. The fourth-order valence-electron chi connectivity index (χ4n) is 8.58. The molecule has 32 heteroatoms. The molecule has 1 heterocycles. The van der Waals surface area contributed by atoms with Gasteiger partial charge in [-0.05, 0) is 72.0 Å². The highest BCUT2D eigenvalue weighted by atomic mass is 35.5. The number of allylic oxidation sites excluding steroid dienone is 1. The lowest BCUT2D eigenvalue weighted by Crippen LogP contribution is -2.62. The van der Waals surface area contributed by atoms with E-state index in [1.54, 1.807) is 0 Å². The monoisotopic (exact) mass is 1230 g/mol. The van der Waals surface area contributed by atoms with Crippen LogP contribution in [-0.4, -0.2) is 207 Å². The Balaban J connectivity index is 3.95. The predicted octanol–water partition coefficient (Wildman–Crippen LogP) is -4.38. The maximum atomic E-state index is 14.2. The van der Waals surface area contributed by atoms with Crippen molar-refractivity contribution in [2.45, 2.75) is 216 Å². The molecule has 12 atom stereocenters. The molecular formula is C53H91ClN12O19. The van der Waals surface area contributed by atoms with E-state index in [0.29, 0.717) is 12.8 Å². The molecule has 0 aliphatic carbocycles. The van der Waals surface area contributed by atoms with Gasteiger partial charge in [-0.3, -0.25) is 47.9 Å². The first-order valence-corrected chi connectivity index (χ1v) is 29.2.